The lowest BCUT2D eigenvalue weighted by molar-refractivity contribution is -0.145. The number of alkyl carbamates (subject to hydrolysis) is 1. The molecule has 8 heteroatoms. The molecule has 0 aliphatic heterocycles. The standard InChI is InChI=1S/C21H32N2O6/c1-13(2)17(23-20(26)29-21(3,4)5)18(24)22-16(19(25)28-7)12-14-8-10-15(27-6)11-9-14/h8-11,13,16-17H,12H2,1-7H3,(H,22,24)(H,23,26)/t16-,17+/m1/s1. The summed E-state index contributed by atoms with van der Waals surface area (Å²) in [5.41, 5.74) is 0.132. The Kier molecular flexibility index (Phi) is 8.94. The van der Waals surface area contributed by atoms with E-state index in [1.165, 1.54) is 7.11 Å². The van der Waals surface area contributed by atoms with E-state index < -0.39 is 35.7 Å². The largest absolute Gasteiger partial charge is 0.497 e. The van der Waals surface area contributed by atoms with Crippen molar-refractivity contribution in [2.75, 3.05) is 14.2 Å². The van der Waals surface area contributed by atoms with Gasteiger partial charge in [0.1, 0.15) is 23.4 Å². The average molecular weight is 408 g/mol. The van der Waals surface area contributed by atoms with Gasteiger partial charge in [-0.3, -0.25) is 4.79 Å². The van der Waals surface area contributed by atoms with E-state index in [-0.39, 0.29) is 12.3 Å². The summed E-state index contributed by atoms with van der Waals surface area (Å²) < 4.78 is 15.2. The normalized spacial score (nSPS) is 13.2. The summed E-state index contributed by atoms with van der Waals surface area (Å²) in [4.78, 5) is 37.1. The van der Waals surface area contributed by atoms with Crippen molar-refractivity contribution in [3.05, 3.63) is 29.8 Å². The van der Waals surface area contributed by atoms with Gasteiger partial charge in [-0.05, 0) is 44.4 Å². The zero-order chi connectivity index (χ0) is 22.2. The Morgan fingerprint density at radius 2 is 1.59 bits per heavy atom. The summed E-state index contributed by atoms with van der Waals surface area (Å²) in [5, 5.41) is 5.25. The highest BCUT2D eigenvalue weighted by Gasteiger charge is 2.30. The third-order valence-corrected chi connectivity index (χ3v) is 4.02. The van der Waals surface area contributed by atoms with E-state index in [2.05, 4.69) is 10.6 Å². The zero-order valence-corrected chi connectivity index (χ0v) is 18.2. The van der Waals surface area contributed by atoms with Crippen LogP contribution in [0, 0.1) is 5.92 Å². The molecule has 162 valence electrons. The molecule has 0 heterocycles. The fourth-order valence-corrected chi connectivity index (χ4v) is 2.56. The van der Waals surface area contributed by atoms with Crippen molar-refractivity contribution < 1.29 is 28.6 Å². The molecule has 1 aromatic carbocycles. The van der Waals surface area contributed by atoms with E-state index in [0.717, 1.165) is 5.56 Å². The van der Waals surface area contributed by atoms with Gasteiger partial charge in [-0.1, -0.05) is 26.0 Å². The molecule has 1 aromatic rings. The molecule has 29 heavy (non-hydrogen) atoms. The lowest BCUT2D eigenvalue weighted by Gasteiger charge is -2.26. The second-order valence-corrected chi connectivity index (χ2v) is 8.00. The second kappa shape index (κ2) is 10.7. The first-order valence-corrected chi connectivity index (χ1v) is 9.47. The Balaban J connectivity index is 2.89. The van der Waals surface area contributed by atoms with Crippen molar-refractivity contribution in [1.29, 1.82) is 0 Å². The Morgan fingerprint density at radius 3 is 2.03 bits per heavy atom. The number of carbonyl (C=O) groups excluding carboxylic acids is 3. The summed E-state index contributed by atoms with van der Waals surface area (Å²) in [7, 11) is 2.82. The molecule has 0 saturated carbocycles. The zero-order valence-electron chi connectivity index (χ0n) is 18.2. The van der Waals surface area contributed by atoms with Crippen LogP contribution in [-0.2, 0) is 25.5 Å². The first-order valence-electron chi connectivity index (χ1n) is 9.47. The molecule has 0 saturated heterocycles. The van der Waals surface area contributed by atoms with E-state index >= 15 is 0 Å². The predicted octanol–water partition coefficient (Wildman–Crippen LogP) is 2.44. The Hall–Kier alpha value is -2.77. The third-order valence-electron chi connectivity index (χ3n) is 4.02. The number of rotatable bonds is 8. The topological polar surface area (TPSA) is 103 Å². The van der Waals surface area contributed by atoms with Crippen molar-refractivity contribution in [2.45, 2.75) is 58.7 Å². The average Bonchev–Trinajstić information content (AvgIpc) is 2.63. The van der Waals surface area contributed by atoms with E-state index in [0.29, 0.717) is 5.75 Å². The Labute approximate surface area is 172 Å². The van der Waals surface area contributed by atoms with Gasteiger partial charge >= 0.3 is 12.1 Å². The van der Waals surface area contributed by atoms with Gasteiger partial charge in [0, 0.05) is 6.42 Å². The summed E-state index contributed by atoms with van der Waals surface area (Å²) in [6.07, 6.45) is -0.462. The molecule has 2 amide bonds. The summed E-state index contributed by atoms with van der Waals surface area (Å²) in [6.45, 7) is 8.79. The lowest BCUT2D eigenvalue weighted by atomic mass is 10.0. The molecule has 0 aromatic heterocycles. The minimum absolute atomic E-state index is 0.221. The number of methoxy groups -OCH3 is 2. The van der Waals surface area contributed by atoms with Crippen LogP contribution in [0.2, 0.25) is 0 Å². The minimum atomic E-state index is -0.900. The van der Waals surface area contributed by atoms with Crippen LogP contribution in [0.5, 0.6) is 5.75 Å². The van der Waals surface area contributed by atoms with E-state index in [1.54, 1.807) is 66.0 Å². The van der Waals surface area contributed by atoms with Gasteiger partial charge in [0.25, 0.3) is 0 Å². The number of amides is 2. The van der Waals surface area contributed by atoms with Gasteiger partial charge < -0.3 is 24.8 Å². The van der Waals surface area contributed by atoms with E-state index in [1.807, 2.05) is 0 Å². The van der Waals surface area contributed by atoms with E-state index in [9.17, 15) is 14.4 Å². The van der Waals surface area contributed by atoms with Gasteiger partial charge in [0.05, 0.1) is 14.2 Å². The molecule has 0 spiro atoms. The molecular weight excluding hydrogens is 376 g/mol. The van der Waals surface area contributed by atoms with Crippen molar-refractivity contribution >= 4 is 18.0 Å². The molecule has 0 unspecified atom stereocenters. The number of nitrogens with one attached hydrogen (secondary N) is 2. The van der Waals surface area contributed by atoms with Crippen LogP contribution in [-0.4, -0.2) is 49.9 Å². The predicted molar refractivity (Wildman–Crippen MR) is 109 cm³/mol. The van der Waals surface area contributed by atoms with Crippen LogP contribution >= 0.6 is 0 Å². The van der Waals surface area contributed by atoms with Crippen LogP contribution < -0.4 is 15.4 Å². The highest BCUT2D eigenvalue weighted by atomic mass is 16.6. The van der Waals surface area contributed by atoms with Crippen LogP contribution in [0.15, 0.2) is 24.3 Å². The van der Waals surface area contributed by atoms with Crippen molar-refractivity contribution in [3.63, 3.8) is 0 Å². The lowest BCUT2D eigenvalue weighted by Crippen LogP contribution is -2.55. The fraction of sp³-hybridized carbons (Fsp3) is 0.571. The fourth-order valence-electron chi connectivity index (χ4n) is 2.56. The maximum atomic E-state index is 12.8. The van der Waals surface area contributed by atoms with Crippen LogP contribution in [0.25, 0.3) is 0 Å². The summed E-state index contributed by atoms with van der Waals surface area (Å²) >= 11 is 0. The van der Waals surface area contributed by atoms with Gasteiger partial charge in [0.15, 0.2) is 0 Å². The van der Waals surface area contributed by atoms with Crippen LogP contribution in [0.1, 0.15) is 40.2 Å². The molecule has 0 aliphatic carbocycles. The molecule has 0 aliphatic rings. The molecule has 8 nitrogen and oxygen atoms in total. The highest BCUT2D eigenvalue weighted by molar-refractivity contribution is 5.90. The first-order chi connectivity index (χ1) is 13.5. The molecule has 0 radical (unpaired) electrons. The number of esters is 1. The molecule has 1 rings (SSSR count). The van der Waals surface area contributed by atoms with Gasteiger partial charge in [-0.25, -0.2) is 9.59 Å². The van der Waals surface area contributed by atoms with E-state index in [4.69, 9.17) is 14.2 Å². The van der Waals surface area contributed by atoms with Gasteiger partial charge in [-0.15, -0.1) is 0 Å². The Bertz CT molecular complexity index is 694. The van der Waals surface area contributed by atoms with Crippen molar-refractivity contribution in [2.24, 2.45) is 5.92 Å². The summed E-state index contributed by atoms with van der Waals surface area (Å²) in [5.74, 6) is -0.598. The Morgan fingerprint density at radius 1 is 1.00 bits per heavy atom. The van der Waals surface area contributed by atoms with Crippen LogP contribution in [0.4, 0.5) is 4.79 Å². The smallest absolute Gasteiger partial charge is 0.408 e. The third kappa shape index (κ3) is 8.41. The van der Waals surface area contributed by atoms with Crippen molar-refractivity contribution in [3.8, 4) is 5.75 Å². The SMILES string of the molecule is COC(=O)[C@@H](Cc1ccc(OC)cc1)NC(=O)[C@@H](NC(=O)OC(C)(C)C)C(C)C. The van der Waals surface area contributed by atoms with Gasteiger partial charge in [-0.2, -0.15) is 0 Å². The molecular formula is C21H32N2O6. The number of carbonyl (C=O) groups is 3. The molecule has 2 atom stereocenters. The number of benzene rings is 1. The number of hydrogen-bond acceptors (Lipinski definition) is 6. The minimum Gasteiger partial charge on any atom is -0.497 e. The highest BCUT2D eigenvalue weighted by Crippen LogP contribution is 2.14. The molecule has 2 N–H and O–H groups in total. The number of ether oxygens (including phenoxy) is 3. The molecule has 0 fully saturated rings. The number of hydrogen-bond donors (Lipinski definition) is 2. The van der Waals surface area contributed by atoms with Gasteiger partial charge in [0.2, 0.25) is 5.91 Å². The second-order valence-electron chi connectivity index (χ2n) is 8.00. The maximum Gasteiger partial charge on any atom is 0.408 e. The molecule has 0 bridgehead atoms. The van der Waals surface area contributed by atoms with Crippen LogP contribution in [0.3, 0.4) is 0 Å². The maximum absolute atomic E-state index is 12.8. The quantitative estimate of drug-likeness (QED) is 0.641. The monoisotopic (exact) mass is 408 g/mol. The summed E-state index contributed by atoms with van der Waals surface area (Å²) in [6, 6.07) is 5.38. The van der Waals surface area contributed by atoms with Crippen molar-refractivity contribution in [1.82, 2.24) is 10.6 Å². The first kappa shape index (κ1) is 24.3.